The molecule has 7 nitrogen and oxygen atoms in total. The smallest absolute Gasteiger partial charge is 0.422 e. The van der Waals surface area contributed by atoms with Crippen LogP contribution in [0.4, 0.5) is 15.4 Å². The first-order valence-electron chi connectivity index (χ1n) is 3.94. The molecular weight excluding hydrogens is 284 g/mol. The Balaban J connectivity index is 3.32. The molecule has 8 heteroatoms. The zero-order valence-corrected chi connectivity index (χ0v) is 9.63. The first-order valence-corrected chi connectivity index (χ1v) is 4.73. The molecule has 0 fully saturated rings. The molecule has 0 aliphatic heterocycles. The molecule has 1 aromatic heterocycles. The molecule has 0 bridgehead atoms. The molecule has 0 unspecified atom stereocenters. The lowest BCUT2D eigenvalue weighted by molar-refractivity contribution is 0.183. The van der Waals surface area contributed by atoms with Gasteiger partial charge in [0.2, 0.25) is 0 Å². The fraction of sp³-hybridized carbons (Fsp3) is 0.125. The number of nitrogens with zero attached hydrogens (tertiary/aromatic N) is 2. The second kappa shape index (κ2) is 4.79. The maximum atomic E-state index is 10.8. The van der Waals surface area contributed by atoms with Crippen molar-refractivity contribution in [2.24, 2.45) is 0 Å². The molecule has 2 N–H and O–H groups in total. The van der Waals surface area contributed by atoms with Gasteiger partial charge in [-0.05, 0) is 28.1 Å². The normalized spacial score (nSPS) is 9.62. The highest BCUT2D eigenvalue weighted by atomic mass is 79.9. The quantitative estimate of drug-likeness (QED) is 0.808. The highest BCUT2D eigenvalue weighted by molar-refractivity contribution is 9.10. The number of imide groups is 1. The standard InChI is InChI=1S/C8H7BrN2O5/c1-16-4-2-3-5(9)10-6(4)11(7(12)13)8(14)15/h2-3H,1H3,(H,12,13)(H,14,15). The van der Waals surface area contributed by atoms with Crippen LogP contribution in [0.5, 0.6) is 5.75 Å². The predicted molar refractivity (Wildman–Crippen MR) is 57.0 cm³/mol. The first kappa shape index (κ1) is 12.2. The van der Waals surface area contributed by atoms with Crippen LogP contribution in [0, 0.1) is 0 Å². The Morgan fingerprint density at radius 2 is 1.94 bits per heavy atom. The van der Waals surface area contributed by atoms with Crippen molar-refractivity contribution >= 4 is 33.9 Å². The number of pyridine rings is 1. The molecule has 1 aromatic rings. The van der Waals surface area contributed by atoms with Crippen LogP contribution in [0.3, 0.4) is 0 Å². The van der Waals surface area contributed by atoms with Gasteiger partial charge >= 0.3 is 12.2 Å². The van der Waals surface area contributed by atoms with E-state index in [1.54, 1.807) is 0 Å². The van der Waals surface area contributed by atoms with Gasteiger partial charge in [-0.15, -0.1) is 0 Å². The van der Waals surface area contributed by atoms with Gasteiger partial charge in [-0.2, -0.15) is 4.90 Å². The van der Waals surface area contributed by atoms with Gasteiger partial charge < -0.3 is 14.9 Å². The molecule has 0 aliphatic carbocycles. The van der Waals surface area contributed by atoms with Gasteiger partial charge in [0, 0.05) is 0 Å². The average molecular weight is 291 g/mol. The van der Waals surface area contributed by atoms with E-state index in [4.69, 9.17) is 14.9 Å². The maximum Gasteiger partial charge on any atom is 0.422 e. The molecule has 0 radical (unpaired) electrons. The summed E-state index contributed by atoms with van der Waals surface area (Å²) in [4.78, 5) is 25.3. The summed E-state index contributed by atoms with van der Waals surface area (Å²) in [6.07, 6.45) is -3.31. The molecule has 0 aliphatic rings. The summed E-state index contributed by atoms with van der Waals surface area (Å²) in [5.41, 5.74) is 0. The summed E-state index contributed by atoms with van der Waals surface area (Å²) in [7, 11) is 1.29. The number of aromatic nitrogens is 1. The molecule has 86 valence electrons. The monoisotopic (exact) mass is 290 g/mol. The van der Waals surface area contributed by atoms with Crippen LogP contribution in [0.2, 0.25) is 0 Å². The van der Waals surface area contributed by atoms with Crippen molar-refractivity contribution in [2.75, 3.05) is 12.0 Å². The number of halogens is 1. The van der Waals surface area contributed by atoms with E-state index < -0.39 is 12.2 Å². The number of carboxylic acid groups (broad SMARTS) is 2. The summed E-state index contributed by atoms with van der Waals surface area (Å²) in [6, 6.07) is 2.91. The minimum absolute atomic E-state index is 0.0491. The zero-order valence-electron chi connectivity index (χ0n) is 8.05. The van der Waals surface area contributed by atoms with E-state index in [9.17, 15) is 9.59 Å². The van der Waals surface area contributed by atoms with Gasteiger partial charge in [0.25, 0.3) is 0 Å². The number of carbonyl (C=O) groups is 2. The summed E-state index contributed by atoms with van der Waals surface area (Å²) in [6.45, 7) is 0. The van der Waals surface area contributed by atoms with E-state index in [1.165, 1.54) is 19.2 Å². The predicted octanol–water partition coefficient (Wildman–Crippen LogP) is 2.02. The number of amides is 2. The van der Waals surface area contributed by atoms with Crippen molar-refractivity contribution in [3.63, 3.8) is 0 Å². The topological polar surface area (TPSA) is 100.0 Å². The average Bonchev–Trinajstić information content (AvgIpc) is 2.17. The van der Waals surface area contributed by atoms with Crippen LogP contribution in [0.1, 0.15) is 0 Å². The largest absolute Gasteiger partial charge is 0.493 e. The molecule has 0 aromatic carbocycles. The van der Waals surface area contributed by atoms with E-state index >= 15 is 0 Å². The van der Waals surface area contributed by atoms with Gasteiger partial charge in [-0.3, -0.25) is 0 Å². The lowest BCUT2D eigenvalue weighted by Crippen LogP contribution is -2.35. The number of hydrogen-bond acceptors (Lipinski definition) is 4. The number of hydrogen-bond donors (Lipinski definition) is 2. The van der Waals surface area contributed by atoms with Gasteiger partial charge in [0.05, 0.1) is 7.11 Å². The third-order valence-corrected chi connectivity index (χ3v) is 2.06. The number of ether oxygens (including phenoxy) is 1. The van der Waals surface area contributed by atoms with Gasteiger partial charge in [-0.25, -0.2) is 14.6 Å². The number of rotatable bonds is 2. The Kier molecular flexibility index (Phi) is 3.67. The summed E-state index contributed by atoms with van der Waals surface area (Å²) < 4.78 is 5.13. The minimum atomic E-state index is -1.66. The maximum absolute atomic E-state index is 10.8. The van der Waals surface area contributed by atoms with Crippen molar-refractivity contribution in [1.82, 2.24) is 4.98 Å². The zero-order chi connectivity index (χ0) is 12.3. The van der Waals surface area contributed by atoms with Crippen LogP contribution >= 0.6 is 15.9 Å². The summed E-state index contributed by atoms with van der Waals surface area (Å²) in [5.74, 6) is -0.259. The van der Waals surface area contributed by atoms with Crippen LogP contribution in [0.15, 0.2) is 16.7 Å². The van der Waals surface area contributed by atoms with Gasteiger partial charge in [0.1, 0.15) is 4.60 Å². The fourth-order valence-electron chi connectivity index (χ4n) is 0.995. The number of anilines is 1. The van der Waals surface area contributed by atoms with E-state index in [-0.39, 0.29) is 16.5 Å². The van der Waals surface area contributed by atoms with E-state index in [0.29, 0.717) is 4.60 Å². The number of methoxy groups -OCH3 is 1. The SMILES string of the molecule is COc1ccc(Br)nc1N(C(=O)O)C(=O)O. The molecule has 1 heterocycles. The van der Waals surface area contributed by atoms with Crippen molar-refractivity contribution < 1.29 is 24.5 Å². The molecule has 0 saturated heterocycles. The first-order chi connectivity index (χ1) is 7.47. The van der Waals surface area contributed by atoms with Crippen LogP contribution in [-0.4, -0.2) is 34.5 Å². The second-order valence-electron chi connectivity index (χ2n) is 2.56. The third-order valence-electron chi connectivity index (χ3n) is 1.62. The summed E-state index contributed by atoms with van der Waals surface area (Å²) >= 11 is 3.01. The van der Waals surface area contributed by atoms with Crippen molar-refractivity contribution in [3.05, 3.63) is 16.7 Å². The van der Waals surface area contributed by atoms with Crippen molar-refractivity contribution in [2.45, 2.75) is 0 Å². The van der Waals surface area contributed by atoms with Gasteiger partial charge in [-0.1, -0.05) is 0 Å². The van der Waals surface area contributed by atoms with E-state index in [0.717, 1.165) is 0 Å². The van der Waals surface area contributed by atoms with Crippen LogP contribution in [0.25, 0.3) is 0 Å². The summed E-state index contributed by atoms with van der Waals surface area (Å²) in [5, 5.41) is 17.5. The van der Waals surface area contributed by atoms with Crippen molar-refractivity contribution in [1.29, 1.82) is 0 Å². The molecule has 1 rings (SSSR count). The molecule has 0 saturated carbocycles. The Labute approximate surface area is 98.4 Å². The van der Waals surface area contributed by atoms with Crippen LogP contribution in [-0.2, 0) is 0 Å². The molecule has 16 heavy (non-hydrogen) atoms. The molecular formula is C8H7BrN2O5. The molecule has 2 amide bonds. The second-order valence-corrected chi connectivity index (χ2v) is 3.37. The lowest BCUT2D eigenvalue weighted by atomic mass is 10.4. The lowest BCUT2D eigenvalue weighted by Gasteiger charge is -2.15. The van der Waals surface area contributed by atoms with Gasteiger partial charge in [0.15, 0.2) is 11.6 Å². The molecule has 0 spiro atoms. The highest BCUT2D eigenvalue weighted by Gasteiger charge is 2.27. The van der Waals surface area contributed by atoms with E-state index in [1.807, 2.05) is 0 Å². The van der Waals surface area contributed by atoms with Crippen LogP contribution < -0.4 is 9.64 Å². The minimum Gasteiger partial charge on any atom is -0.493 e. The highest BCUT2D eigenvalue weighted by Crippen LogP contribution is 2.27. The Bertz CT molecular complexity index is 422. The van der Waals surface area contributed by atoms with E-state index in [2.05, 4.69) is 20.9 Å². The Hall–Kier alpha value is -1.83. The molecule has 0 atom stereocenters. The fourth-order valence-corrected chi connectivity index (χ4v) is 1.30. The third kappa shape index (κ3) is 2.40. The Morgan fingerprint density at radius 3 is 2.38 bits per heavy atom. The Morgan fingerprint density at radius 1 is 1.38 bits per heavy atom. The van der Waals surface area contributed by atoms with Crippen molar-refractivity contribution in [3.8, 4) is 5.75 Å².